The Kier molecular flexibility index (Phi) is 4.24. The van der Waals surface area contributed by atoms with E-state index in [1.807, 2.05) is 4.90 Å². The summed E-state index contributed by atoms with van der Waals surface area (Å²) >= 11 is 0. The van der Waals surface area contributed by atoms with Gasteiger partial charge in [-0.25, -0.2) is 0 Å². The van der Waals surface area contributed by atoms with Crippen molar-refractivity contribution in [2.75, 3.05) is 37.8 Å². The van der Waals surface area contributed by atoms with Crippen molar-refractivity contribution in [3.63, 3.8) is 0 Å². The van der Waals surface area contributed by atoms with Crippen LogP contribution in [-0.4, -0.2) is 48.8 Å². The molecule has 1 saturated heterocycles. The molecule has 4 N–H and O–H groups in total. The van der Waals surface area contributed by atoms with E-state index in [1.165, 1.54) is 7.11 Å². The average molecular weight is 265 g/mol. The maximum Gasteiger partial charge on any atom is 0.238 e. The second-order valence-electron chi connectivity index (χ2n) is 4.69. The molecule has 1 amide bonds. The number of nitrogens with two attached hydrogens (primary N) is 1. The predicted molar refractivity (Wildman–Crippen MR) is 73.1 cm³/mol. The third kappa shape index (κ3) is 3.59. The van der Waals surface area contributed by atoms with Gasteiger partial charge in [-0.3, -0.25) is 9.69 Å². The highest BCUT2D eigenvalue weighted by Crippen LogP contribution is 2.26. The molecule has 1 aliphatic heterocycles. The number of nitrogens with zero attached hydrogens (tertiary/aromatic N) is 1. The highest BCUT2D eigenvalue weighted by atomic mass is 16.5. The Morgan fingerprint density at radius 2 is 2.42 bits per heavy atom. The zero-order chi connectivity index (χ0) is 13.8. The number of amides is 1. The van der Waals surface area contributed by atoms with E-state index in [4.69, 9.17) is 10.5 Å². The summed E-state index contributed by atoms with van der Waals surface area (Å²) in [4.78, 5) is 13.8. The Morgan fingerprint density at radius 3 is 3.05 bits per heavy atom. The van der Waals surface area contributed by atoms with Gasteiger partial charge in [-0.15, -0.1) is 0 Å². The molecule has 1 aliphatic rings. The number of rotatable bonds is 4. The van der Waals surface area contributed by atoms with Crippen molar-refractivity contribution in [2.24, 2.45) is 0 Å². The van der Waals surface area contributed by atoms with Crippen LogP contribution in [0.1, 0.15) is 6.42 Å². The minimum Gasteiger partial charge on any atom is -0.495 e. The summed E-state index contributed by atoms with van der Waals surface area (Å²) in [6, 6.07) is 5.09. The number of aliphatic hydroxyl groups excluding tert-OH is 1. The largest absolute Gasteiger partial charge is 0.495 e. The van der Waals surface area contributed by atoms with Crippen LogP contribution in [0.15, 0.2) is 18.2 Å². The fourth-order valence-corrected chi connectivity index (χ4v) is 2.17. The molecule has 0 bridgehead atoms. The summed E-state index contributed by atoms with van der Waals surface area (Å²) in [5, 5.41) is 12.2. The van der Waals surface area contributed by atoms with Crippen molar-refractivity contribution < 1.29 is 14.6 Å². The van der Waals surface area contributed by atoms with Gasteiger partial charge in [0.15, 0.2) is 0 Å². The van der Waals surface area contributed by atoms with Crippen molar-refractivity contribution in [1.29, 1.82) is 0 Å². The fourth-order valence-electron chi connectivity index (χ4n) is 2.17. The van der Waals surface area contributed by atoms with Crippen molar-refractivity contribution in [2.45, 2.75) is 12.5 Å². The summed E-state index contributed by atoms with van der Waals surface area (Å²) in [5.74, 6) is 0.432. The highest BCUT2D eigenvalue weighted by molar-refractivity contribution is 5.94. The molecule has 19 heavy (non-hydrogen) atoms. The van der Waals surface area contributed by atoms with Gasteiger partial charge in [0.05, 0.1) is 25.4 Å². The zero-order valence-electron chi connectivity index (χ0n) is 10.9. The Labute approximate surface area is 112 Å². The maximum atomic E-state index is 11.9. The standard InChI is InChI=1S/C13H19N3O3/c1-19-12-3-2-9(14)6-11(12)15-13(18)8-16-5-4-10(17)7-16/h2-3,6,10,17H,4-5,7-8,14H2,1H3,(H,15,18). The third-order valence-electron chi connectivity index (χ3n) is 3.11. The lowest BCUT2D eigenvalue weighted by atomic mass is 10.2. The topological polar surface area (TPSA) is 87.8 Å². The number of ether oxygens (including phenoxy) is 1. The predicted octanol–water partition coefficient (Wildman–Crippen LogP) is 0.282. The second kappa shape index (κ2) is 5.90. The van der Waals surface area contributed by atoms with Gasteiger partial charge < -0.3 is 20.9 Å². The van der Waals surface area contributed by atoms with E-state index in [0.717, 1.165) is 13.0 Å². The van der Waals surface area contributed by atoms with Gasteiger partial charge in [-0.05, 0) is 24.6 Å². The maximum absolute atomic E-state index is 11.9. The number of carbonyl (C=O) groups is 1. The number of nitrogens with one attached hydrogen (secondary N) is 1. The molecule has 1 aromatic rings. The van der Waals surface area contributed by atoms with E-state index < -0.39 is 0 Å². The molecule has 1 aromatic carbocycles. The lowest BCUT2D eigenvalue weighted by Crippen LogP contribution is -2.32. The van der Waals surface area contributed by atoms with Gasteiger partial charge in [0.25, 0.3) is 0 Å². The summed E-state index contributed by atoms with van der Waals surface area (Å²) in [5.41, 5.74) is 6.81. The number of hydrogen-bond acceptors (Lipinski definition) is 5. The average Bonchev–Trinajstić information content (AvgIpc) is 2.75. The summed E-state index contributed by atoms with van der Waals surface area (Å²) in [7, 11) is 1.54. The number of nitrogen functional groups attached to an aromatic ring is 1. The van der Waals surface area contributed by atoms with Gasteiger partial charge in [0, 0.05) is 18.8 Å². The molecule has 0 aromatic heterocycles. The third-order valence-corrected chi connectivity index (χ3v) is 3.11. The first-order valence-corrected chi connectivity index (χ1v) is 6.22. The Hall–Kier alpha value is -1.79. The molecule has 1 unspecified atom stereocenters. The Bertz CT molecular complexity index is 464. The van der Waals surface area contributed by atoms with E-state index in [9.17, 15) is 9.90 Å². The molecule has 1 atom stereocenters. The number of methoxy groups -OCH3 is 1. The van der Waals surface area contributed by atoms with Crippen LogP contribution in [-0.2, 0) is 4.79 Å². The quantitative estimate of drug-likeness (QED) is 0.681. The van der Waals surface area contributed by atoms with Crippen molar-refractivity contribution in [3.05, 3.63) is 18.2 Å². The van der Waals surface area contributed by atoms with E-state index in [-0.39, 0.29) is 18.6 Å². The molecular formula is C13H19N3O3. The number of aliphatic hydroxyl groups is 1. The number of carbonyl (C=O) groups excluding carboxylic acids is 1. The van der Waals surface area contributed by atoms with Crippen LogP contribution >= 0.6 is 0 Å². The normalized spacial score (nSPS) is 19.4. The van der Waals surface area contributed by atoms with Gasteiger partial charge in [-0.2, -0.15) is 0 Å². The zero-order valence-corrected chi connectivity index (χ0v) is 10.9. The van der Waals surface area contributed by atoms with Crippen LogP contribution in [0.2, 0.25) is 0 Å². The fraction of sp³-hybridized carbons (Fsp3) is 0.462. The molecule has 1 fully saturated rings. The van der Waals surface area contributed by atoms with E-state index in [2.05, 4.69) is 5.32 Å². The number of β-amino-alcohol motifs (C(OH)–C–C–N with tert-alkyl or cyclic N) is 1. The summed E-state index contributed by atoms with van der Waals surface area (Å²) in [6.45, 7) is 1.54. The Balaban J connectivity index is 1.96. The van der Waals surface area contributed by atoms with Crippen LogP contribution in [0.25, 0.3) is 0 Å². The van der Waals surface area contributed by atoms with Crippen LogP contribution in [0.5, 0.6) is 5.75 Å². The SMILES string of the molecule is COc1ccc(N)cc1NC(=O)CN1CCC(O)C1. The molecular weight excluding hydrogens is 246 g/mol. The molecule has 0 spiro atoms. The molecule has 2 rings (SSSR count). The van der Waals surface area contributed by atoms with E-state index in [1.54, 1.807) is 18.2 Å². The van der Waals surface area contributed by atoms with Crippen LogP contribution in [0.3, 0.4) is 0 Å². The van der Waals surface area contributed by atoms with Crippen molar-refractivity contribution in [1.82, 2.24) is 4.90 Å². The number of benzene rings is 1. The molecule has 6 nitrogen and oxygen atoms in total. The molecule has 1 heterocycles. The first kappa shape index (κ1) is 13.6. The smallest absolute Gasteiger partial charge is 0.238 e. The number of likely N-dealkylation sites (tertiary alicyclic amines) is 1. The first-order valence-electron chi connectivity index (χ1n) is 6.22. The van der Waals surface area contributed by atoms with E-state index in [0.29, 0.717) is 23.7 Å². The molecule has 6 heteroatoms. The lowest BCUT2D eigenvalue weighted by molar-refractivity contribution is -0.117. The highest BCUT2D eigenvalue weighted by Gasteiger charge is 2.22. The molecule has 0 radical (unpaired) electrons. The van der Waals surface area contributed by atoms with Crippen LogP contribution in [0.4, 0.5) is 11.4 Å². The second-order valence-corrected chi connectivity index (χ2v) is 4.69. The minimum atomic E-state index is -0.324. The van der Waals surface area contributed by atoms with Crippen LogP contribution < -0.4 is 15.8 Å². The van der Waals surface area contributed by atoms with Crippen molar-refractivity contribution >= 4 is 17.3 Å². The molecule has 104 valence electrons. The minimum absolute atomic E-state index is 0.141. The van der Waals surface area contributed by atoms with E-state index >= 15 is 0 Å². The Morgan fingerprint density at radius 1 is 1.63 bits per heavy atom. The summed E-state index contributed by atoms with van der Waals surface area (Å²) < 4.78 is 5.16. The van der Waals surface area contributed by atoms with Crippen LogP contribution in [0, 0.1) is 0 Å². The molecule has 0 saturated carbocycles. The lowest BCUT2D eigenvalue weighted by Gasteiger charge is -2.16. The van der Waals surface area contributed by atoms with Gasteiger partial charge in [0.2, 0.25) is 5.91 Å². The number of anilines is 2. The summed E-state index contributed by atoms with van der Waals surface area (Å²) in [6.07, 6.45) is 0.393. The van der Waals surface area contributed by atoms with Gasteiger partial charge >= 0.3 is 0 Å². The number of hydrogen-bond donors (Lipinski definition) is 3. The molecule has 0 aliphatic carbocycles. The van der Waals surface area contributed by atoms with Gasteiger partial charge in [-0.1, -0.05) is 0 Å². The van der Waals surface area contributed by atoms with Crippen molar-refractivity contribution in [3.8, 4) is 5.75 Å². The van der Waals surface area contributed by atoms with Gasteiger partial charge in [0.1, 0.15) is 5.75 Å². The first-order chi connectivity index (χ1) is 9.08. The monoisotopic (exact) mass is 265 g/mol.